The predicted molar refractivity (Wildman–Crippen MR) is 50.2 cm³/mol. The van der Waals surface area contributed by atoms with Gasteiger partial charge in [-0.3, -0.25) is 0 Å². The maximum absolute atomic E-state index is 9.84. The van der Waals surface area contributed by atoms with Gasteiger partial charge in [0.15, 0.2) is 0 Å². The normalized spacial score (nSPS) is 6.64. The molecule has 0 rings (SSSR count). The Morgan fingerprint density at radius 1 is 1.36 bits per heavy atom. The Morgan fingerprint density at radius 2 is 1.82 bits per heavy atom. The van der Waals surface area contributed by atoms with Crippen molar-refractivity contribution in [1.29, 1.82) is 0 Å². The van der Waals surface area contributed by atoms with Gasteiger partial charge < -0.3 is 4.74 Å². The molecule has 0 aromatic carbocycles. The van der Waals surface area contributed by atoms with Gasteiger partial charge in [-0.2, -0.15) is 0 Å². The highest BCUT2D eigenvalue weighted by atomic mass is 32.2. The van der Waals surface area contributed by atoms with Gasteiger partial charge in [-0.15, -0.1) is 11.8 Å². The molecule has 62 valence electrons. The van der Waals surface area contributed by atoms with Gasteiger partial charge in [-0.25, -0.2) is 4.79 Å². The highest BCUT2D eigenvalue weighted by Gasteiger charge is 1.81. The molecule has 0 aliphatic heterocycles. The van der Waals surface area contributed by atoms with Crippen molar-refractivity contribution in [3.8, 4) is 0 Å². The minimum Gasteiger partial charge on any atom is -0.466 e. The van der Waals surface area contributed by atoms with Crippen LogP contribution in [0.1, 0.15) is 0 Å². The number of hydrogen-bond acceptors (Lipinski definition) is 3. The lowest BCUT2D eigenvalue weighted by molar-refractivity contribution is -0.134. The third-order valence-corrected chi connectivity index (χ3v) is 0.945. The molecule has 2 nitrogen and oxygen atoms in total. The molecule has 0 unspecified atom stereocenters. The van der Waals surface area contributed by atoms with Crippen LogP contribution in [0.5, 0.6) is 0 Å². The Kier molecular flexibility index (Phi) is 13.6. The van der Waals surface area contributed by atoms with Crippen LogP contribution in [-0.2, 0) is 9.53 Å². The quantitative estimate of drug-likeness (QED) is 0.483. The van der Waals surface area contributed by atoms with Gasteiger partial charge >= 0.3 is 5.97 Å². The Morgan fingerprint density at radius 3 is 1.82 bits per heavy atom. The molecule has 11 heavy (non-hydrogen) atoms. The third-order valence-electron chi connectivity index (χ3n) is 0.560. The Labute approximate surface area is 71.6 Å². The van der Waals surface area contributed by atoms with Crippen molar-refractivity contribution in [1.82, 2.24) is 0 Å². The predicted octanol–water partition coefficient (Wildman–Crippen LogP) is 2.35. The number of carbonyl (C=O) groups is 1. The van der Waals surface area contributed by atoms with Crippen molar-refractivity contribution < 1.29 is 9.53 Å². The second kappa shape index (κ2) is 11.8. The minimum absolute atomic E-state index is 0.394. The molecule has 0 aromatic rings. The van der Waals surface area contributed by atoms with E-state index in [1.807, 2.05) is 0 Å². The summed E-state index contributed by atoms with van der Waals surface area (Å²) in [5, 5.41) is 3.46. The molecular weight excluding hydrogens is 160 g/mol. The summed E-state index contributed by atoms with van der Waals surface area (Å²) in [5.74, 6) is -0.394. The monoisotopic (exact) mass is 172 g/mol. The minimum atomic E-state index is -0.394. The Hall–Kier alpha value is -0.960. The zero-order valence-electron chi connectivity index (χ0n) is 6.58. The summed E-state index contributed by atoms with van der Waals surface area (Å²) in [4.78, 5) is 9.84. The van der Waals surface area contributed by atoms with Crippen LogP contribution in [0.15, 0.2) is 36.6 Å². The zero-order chi connectivity index (χ0) is 9.11. The molecule has 0 bridgehead atoms. The molecule has 0 aromatic heterocycles. The number of esters is 1. The SMILES string of the molecule is C=CC(=O)OC.C=CSC=C. The van der Waals surface area contributed by atoms with Crippen molar-refractivity contribution in [2.45, 2.75) is 0 Å². The van der Waals surface area contributed by atoms with E-state index in [4.69, 9.17) is 0 Å². The fourth-order valence-corrected chi connectivity index (χ4v) is 0.287. The molecule has 0 radical (unpaired) electrons. The van der Waals surface area contributed by atoms with Crippen molar-refractivity contribution in [3.05, 3.63) is 36.6 Å². The topological polar surface area (TPSA) is 26.3 Å². The highest BCUT2D eigenvalue weighted by molar-refractivity contribution is 8.04. The molecule has 0 saturated carbocycles. The van der Waals surface area contributed by atoms with Gasteiger partial charge in [0.25, 0.3) is 0 Å². The van der Waals surface area contributed by atoms with Crippen LogP contribution in [-0.4, -0.2) is 13.1 Å². The fourth-order valence-electron chi connectivity index (χ4n) is 0.151. The standard InChI is InChI=1S/C4H6O2.C4H6S/c1-3-4(5)6-2;1-3-5-4-2/h3H,1H2,2H3;3-4H,1-2H2. The van der Waals surface area contributed by atoms with E-state index in [9.17, 15) is 4.79 Å². The summed E-state index contributed by atoms with van der Waals surface area (Å²) in [6, 6.07) is 0. The second-order valence-electron chi connectivity index (χ2n) is 1.20. The number of rotatable bonds is 3. The Balaban J connectivity index is 0. The first-order chi connectivity index (χ1) is 5.22. The smallest absolute Gasteiger partial charge is 0.329 e. The van der Waals surface area contributed by atoms with E-state index in [1.165, 1.54) is 18.9 Å². The van der Waals surface area contributed by atoms with E-state index in [0.717, 1.165) is 6.08 Å². The first-order valence-electron chi connectivity index (χ1n) is 2.80. The van der Waals surface area contributed by atoms with Gasteiger partial charge in [0.05, 0.1) is 7.11 Å². The maximum Gasteiger partial charge on any atom is 0.329 e. The summed E-state index contributed by atoms with van der Waals surface area (Å²) >= 11 is 1.49. The maximum atomic E-state index is 9.84. The number of methoxy groups -OCH3 is 1. The van der Waals surface area contributed by atoms with Crippen LogP contribution in [0, 0.1) is 0 Å². The van der Waals surface area contributed by atoms with Crippen LogP contribution in [0.3, 0.4) is 0 Å². The van der Waals surface area contributed by atoms with E-state index in [0.29, 0.717) is 0 Å². The van der Waals surface area contributed by atoms with Gasteiger partial charge in [-0.1, -0.05) is 19.7 Å². The summed E-state index contributed by atoms with van der Waals surface area (Å²) in [6.45, 7) is 10.0. The molecule has 0 fully saturated rings. The molecule has 0 spiro atoms. The number of carbonyl (C=O) groups excluding carboxylic acids is 1. The van der Waals surface area contributed by atoms with E-state index < -0.39 is 5.97 Å². The van der Waals surface area contributed by atoms with E-state index >= 15 is 0 Å². The number of thioether (sulfide) groups is 1. The molecule has 0 amide bonds. The largest absolute Gasteiger partial charge is 0.466 e. The molecule has 0 aliphatic rings. The highest BCUT2D eigenvalue weighted by Crippen LogP contribution is 1.96. The number of ether oxygens (including phenoxy) is 1. The first kappa shape index (κ1) is 12.7. The summed E-state index contributed by atoms with van der Waals surface area (Å²) in [7, 11) is 1.31. The van der Waals surface area contributed by atoms with E-state index in [2.05, 4.69) is 24.5 Å². The molecule has 0 atom stereocenters. The fraction of sp³-hybridized carbons (Fsp3) is 0.125. The molecule has 3 heteroatoms. The van der Waals surface area contributed by atoms with Crippen LogP contribution < -0.4 is 0 Å². The lowest BCUT2D eigenvalue weighted by Crippen LogP contribution is -1.91. The van der Waals surface area contributed by atoms with E-state index in [-0.39, 0.29) is 0 Å². The van der Waals surface area contributed by atoms with Gasteiger partial charge in [0.1, 0.15) is 0 Å². The molecule has 0 N–H and O–H groups in total. The molecule has 0 saturated heterocycles. The average molecular weight is 172 g/mol. The van der Waals surface area contributed by atoms with Crippen LogP contribution in [0.25, 0.3) is 0 Å². The van der Waals surface area contributed by atoms with Gasteiger partial charge in [0.2, 0.25) is 0 Å². The van der Waals surface area contributed by atoms with Gasteiger partial charge in [0, 0.05) is 6.08 Å². The van der Waals surface area contributed by atoms with Crippen LogP contribution in [0.4, 0.5) is 0 Å². The molecule has 0 aliphatic carbocycles. The second-order valence-corrected chi connectivity index (χ2v) is 2.14. The number of hydrogen-bond donors (Lipinski definition) is 0. The van der Waals surface area contributed by atoms with Crippen LogP contribution in [0.2, 0.25) is 0 Å². The van der Waals surface area contributed by atoms with Crippen LogP contribution >= 0.6 is 11.8 Å². The van der Waals surface area contributed by atoms with Gasteiger partial charge in [-0.05, 0) is 10.8 Å². The van der Waals surface area contributed by atoms with Crippen molar-refractivity contribution in [2.75, 3.05) is 7.11 Å². The zero-order valence-corrected chi connectivity index (χ0v) is 7.39. The van der Waals surface area contributed by atoms with Crippen molar-refractivity contribution in [2.24, 2.45) is 0 Å². The summed E-state index contributed by atoms with van der Waals surface area (Å²) in [6.07, 6.45) is 1.11. The first-order valence-corrected chi connectivity index (χ1v) is 3.74. The van der Waals surface area contributed by atoms with E-state index in [1.54, 1.807) is 10.8 Å². The van der Waals surface area contributed by atoms with Crippen molar-refractivity contribution >= 4 is 17.7 Å². The third kappa shape index (κ3) is 17.6. The molecule has 0 heterocycles. The summed E-state index contributed by atoms with van der Waals surface area (Å²) in [5.41, 5.74) is 0. The average Bonchev–Trinajstić information content (AvgIpc) is 2.06. The Bertz CT molecular complexity index is 135. The van der Waals surface area contributed by atoms with Crippen molar-refractivity contribution in [3.63, 3.8) is 0 Å². The lowest BCUT2D eigenvalue weighted by Gasteiger charge is -1.83. The summed E-state index contributed by atoms with van der Waals surface area (Å²) < 4.78 is 4.14. The lowest BCUT2D eigenvalue weighted by atomic mass is 10.7. The molecular formula is C8H12O2S.